The van der Waals surface area contributed by atoms with Gasteiger partial charge >= 0.3 is 0 Å². The molecule has 0 spiro atoms. The topological polar surface area (TPSA) is 144 Å². The molecular formula is C14H17ClN6O3. The fourth-order valence-electron chi connectivity index (χ4n) is 2.85. The van der Waals surface area contributed by atoms with E-state index in [2.05, 4.69) is 33.2 Å². The van der Waals surface area contributed by atoms with Crippen molar-refractivity contribution in [2.45, 2.75) is 37.0 Å². The predicted octanol–water partition coefficient (Wildman–Crippen LogP) is -1.06. The van der Waals surface area contributed by atoms with Crippen LogP contribution in [-0.4, -0.2) is 49.6 Å². The molecule has 3 heterocycles. The summed E-state index contributed by atoms with van der Waals surface area (Å²) in [5.41, 5.74) is 11.3. The smallest absolute Gasteiger partial charge is 0.199 e. The number of nitrogens with one attached hydrogen (secondary N) is 1. The lowest BCUT2D eigenvalue weighted by atomic mass is 9.90. The molecular weight excluding hydrogens is 336 g/mol. The number of nitrogens with zero attached hydrogens (tertiary/aromatic N) is 3. The fraction of sp³-hybridized carbons (Fsp3) is 0.429. The van der Waals surface area contributed by atoms with Crippen LogP contribution in [0, 0.1) is 11.3 Å². The quantitative estimate of drug-likeness (QED) is 0.427. The van der Waals surface area contributed by atoms with E-state index in [1.54, 1.807) is 0 Å². The lowest BCUT2D eigenvalue weighted by Gasteiger charge is -2.28. The Labute approximate surface area is 143 Å². The van der Waals surface area contributed by atoms with Gasteiger partial charge in [0.1, 0.15) is 17.9 Å². The number of imidazole rings is 1. The summed E-state index contributed by atoms with van der Waals surface area (Å²) < 4.78 is 7.25. The highest BCUT2D eigenvalue weighted by atomic mass is 35.5. The molecule has 2 aliphatic rings. The van der Waals surface area contributed by atoms with Crippen molar-refractivity contribution in [2.75, 3.05) is 0 Å². The van der Waals surface area contributed by atoms with Crippen molar-refractivity contribution in [3.05, 3.63) is 18.6 Å². The van der Waals surface area contributed by atoms with Crippen molar-refractivity contribution >= 4 is 29.1 Å². The summed E-state index contributed by atoms with van der Waals surface area (Å²) in [6, 6.07) is 0. The third-order valence-electron chi connectivity index (χ3n) is 4.05. The number of aliphatic imine (C=N–C) groups is 1. The normalized spacial score (nSPS) is 33.1. The molecule has 0 aliphatic carbocycles. The van der Waals surface area contributed by atoms with E-state index in [-0.39, 0.29) is 5.96 Å². The van der Waals surface area contributed by atoms with Gasteiger partial charge < -0.3 is 31.7 Å². The molecule has 10 heteroatoms. The van der Waals surface area contributed by atoms with E-state index in [1.807, 2.05) is 0 Å². The van der Waals surface area contributed by atoms with E-state index in [4.69, 9.17) is 27.8 Å². The minimum atomic E-state index is -1.58. The van der Waals surface area contributed by atoms with E-state index < -0.39 is 30.1 Å². The van der Waals surface area contributed by atoms with Gasteiger partial charge in [0, 0.05) is 5.38 Å². The molecule has 24 heavy (non-hydrogen) atoms. The second-order valence-electron chi connectivity index (χ2n) is 5.72. The van der Waals surface area contributed by atoms with Crippen molar-refractivity contribution < 1.29 is 14.9 Å². The average Bonchev–Trinajstić information content (AvgIpc) is 3.00. The standard InChI is InChI=1S/C14H17ClN6O3/c1-6-8-11(20-13(16)19-6)21(5-18-8)12-14(17,3-4-15)10(23)9(24-12)7(2)22/h5,7,9-10,12,22-23H,1,17H2,2H3,(H3,16,19,20)/t7-,9?,10?,12+,14+/m0/s1. The second-order valence-corrected chi connectivity index (χ2v) is 5.90. The Balaban J connectivity index is 2.12. The van der Waals surface area contributed by atoms with Gasteiger partial charge in [0.2, 0.25) is 0 Å². The monoisotopic (exact) mass is 352 g/mol. The predicted molar refractivity (Wildman–Crippen MR) is 87.8 cm³/mol. The number of aliphatic hydroxyl groups excluding tert-OH is 2. The number of rotatable bonds is 2. The van der Waals surface area contributed by atoms with E-state index in [1.165, 1.54) is 17.8 Å². The molecule has 0 saturated carbocycles. The number of hydrogen-bond acceptors (Lipinski definition) is 8. The number of ether oxygens (including phenoxy) is 1. The van der Waals surface area contributed by atoms with Crippen LogP contribution >= 0.6 is 11.6 Å². The highest BCUT2D eigenvalue weighted by molar-refractivity contribution is 6.30. The molecule has 0 aromatic carbocycles. The molecule has 1 saturated heterocycles. The molecule has 1 fully saturated rings. The van der Waals surface area contributed by atoms with E-state index in [0.29, 0.717) is 17.2 Å². The van der Waals surface area contributed by atoms with Crippen molar-refractivity contribution in [3.8, 4) is 11.3 Å². The summed E-state index contributed by atoms with van der Waals surface area (Å²) in [4.78, 5) is 8.40. The third kappa shape index (κ3) is 2.36. The van der Waals surface area contributed by atoms with Gasteiger partial charge in [-0.2, -0.15) is 4.99 Å². The van der Waals surface area contributed by atoms with Crippen molar-refractivity contribution in [3.63, 3.8) is 0 Å². The number of halogens is 1. The molecule has 2 aliphatic heterocycles. The van der Waals surface area contributed by atoms with Gasteiger partial charge in [-0.15, -0.1) is 0 Å². The Morgan fingerprint density at radius 3 is 2.96 bits per heavy atom. The van der Waals surface area contributed by atoms with Crippen LogP contribution in [0.1, 0.15) is 18.8 Å². The molecule has 0 radical (unpaired) electrons. The SMILES string of the molecule is C=C1NC(N)=Nc2c1ncn2[C@@H]1OC([C@H](C)O)C(O)[C@]1(N)C#CCl. The molecule has 0 amide bonds. The van der Waals surface area contributed by atoms with Crippen LogP contribution in [0.4, 0.5) is 5.82 Å². The molecule has 5 atom stereocenters. The number of nitrogens with two attached hydrogens (primary N) is 2. The first-order valence-electron chi connectivity index (χ1n) is 7.10. The Hall–Kier alpha value is -2.09. The van der Waals surface area contributed by atoms with Gasteiger partial charge in [-0.25, -0.2) is 4.98 Å². The number of aliphatic hydroxyl groups is 2. The summed E-state index contributed by atoms with van der Waals surface area (Å²) in [6.07, 6.45) is -2.77. The van der Waals surface area contributed by atoms with Crippen LogP contribution in [0.5, 0.6) is 0 Å². The Kier molecular flexibility index (Phi) is 4.03. The van der Waals surface area contributed by atoms with E-state index >= 15 is 0 Å². The summed E-state index contributed by atoms with van der Waals surface area (Å²) >= 11 is 5.51. The van der Waals surface area contributed by atoms with Crippen LogP contribution < -0.4 is 16.8 Å². The number of guanidine groups is 1. The minimum Gasteiger partial charge on any atom is -0.391 e. The van der Waals surface area contributed by atoms with Crippen LogP contribution in [-0.2, 0) is 4.74 Å². The number of aromatic nitrogens is 2. The zero-order valence-corrected chi connectivity index (χ0v) is 13.5. The number of hydrogen-bond donors (Lipinski definition) is 5. The molecule has 1 aromatic rings. The average molecular weight is 353 g/mol. The lowest BCUT2D eigenvalue weighted by molar-refractivity contribution is -0.0761. The molecule has 7 N–H and O–H groups in total. The fourth-order valence-corrected chi connectivity index (χ4v) is 3.01. The van der Waals surface area contributed by atoms with Crippen molar-refractivity contribution in [1.82, 2.24) is 14.9 Å². The summed E-state index contributed by atoms with van der Waals surface area (Å²) in [7, 11) is 0. The summed E-state index contributed by atoms with van der Waals surface area (Å²) in [5, 5.41) is 25.3. The molecule has 128 valence electrons. The van der Waals surface area contributed by atoms with Gasteiger partial charge in [0.25, 0.3) is 0 Å². The van der Waals surface area contributed by atoms with Gasteiger partial charge in [0.15, 0.2) is 23.5 Å². The van der Waals surface area contributed by atoms with Crippen molar-refractivity contribution in [2.24, 2.45) is 16.5 Å². The molecule has 1 aromatic heterocycles. The lowest BCUT2D eigenvalue weighted by Crippen LogP contribution is -2.54. The van der Waals surface area contributed by atoms with Crippen LogP contribution in [0.15, 0.2) is 17.9 Å². The molecule has 0 bridgehead atoms. The molecule has 3 rings (SSSR count). The van der Waals surface area contributed by atoms with Crippen LogP contribution in [0.3, 0.4) is 0 Å². The molecule has 2 unspecified atom stereocenters. The maximum atomic E-state index is 10.5. The van der Waals surface area contributed by atoms with Gasteiger partial charge in [-0.1, -0.05) is 12.5 Å². The van der Waals surface area contributed by atoms with E-state index in [9.17, 15) is 10.2 Å². The second kappa shape index (κ2) is 5.77. The van der Waals surface area contributed by atoms with Gasteiger partial charge in [-0.05, 0) is 18.5 Å². The Morgan fingerprint density at radius 2 is 2.33 bits per heavy atom. The first-order valence-corrected chi connectivity index (χ1v) is 7.48. The summed E-state index contributed by atoms with van der Waals surface area (Å²) in [5.74, 6) is 3.05. The zero-order chi connectivity index (χ0) is 17.6. The zero-order valence-electron chi connectivity index (χ0n) is 12.8. The van der Waals surface area contributed by atoms with Crippen molar-refractivity contribution in [1.29, 1.82) is 0 Å². The number of fused-ring (bicyclic) bond motifs is 1. The Morgan fingerprint density at radius 1 is 1.62 bits per heavy atom. The maximum Gasteiger partial charge on any atom is 0.199 e. The van der Waals surface area contributed by atoms with Crippen LogP contribution in [0.2, 0.25) is 0 Å². The summed E-state index contributed by atoms with van der Waals surface area (Å²) in [6.45, 7) is 5.30. The van der Waals surface area contributed by atoms with Gasteiger partial charge in [-0.3, -0.25) is 4.57 Å². The Bertz CT molecular complexity index is 779. The maximum absolute atomic E-state index is 10.5. The third-order valence-corrected chi connectivity index (χ3v) is 4.14. The first kappa shape index (κ1) is 16.8. The minimum absolute atomic E-state index is 0.130. The largest absolute Gasteiger partial charge is 0.391 e. The first-order chi connectivity index (χ1) is 11.3. The highest BCUT2D eigenvalue weighted by Gasteiger charge is 2.56. The van der Waals surface area contributed by atoms with Crippen LogP contribution in [0.25, 0.3) is 5.70 Å². The van der Waals surface area contributed by atoms with E-state index in [0.717, 1.165) is 0 Å². The highest BCUT2D eigenvalue weighted by Crippen LogP contribution is 2.41. The van der Waals surface area contributed by atoms with Gasteiger partial charge in [0.05, 0.1) is 18.1 Å². The molecule has 9 nitrogen and oxygen atoms in total.